The van der Waals surface area contributed by atoms with Crippen LogP contribution in [0, 0.1) is 6.92 Å². The van der Waals surface area contributed by atoms with Gasteiger partial charge in [-0.25, -0.2) is 8.42 Å². The molecule has 0 aliphatic rings. The van der Waals surface area contributed by atoms with Crippen molar-refractivity contribution in [3.8, 4) is 11.3 Å². The number of para-hydroxylation sites is 2. The zero-order valence-electron chi connectivity index (χ0n) is 16.3. The smallest absolute Gasteiger partial charge is 0.263 e. The molecule has 4 N–H and O–H groups in total. The summed E-state index contributed by atoms with van der Waals surface area (Å²) in [6, 6.07) is 14.7. The molecule has 0 saturated carbocycles. The largest absolute Gasteiger partial charge is 0.367 e. The number of thiophene rings is 1. The number of hydrogen-bond donors (Lipinski definition) is 3. The van der Waals surface area contributed by atoms with Crippen LogP contribution in [0.5, 0.6) is 0 Å². The lowest BCUT2D eigenvalue weighted by molar-refractivity contribution is 0.102. The van der Waals surface area contributed by atoms with E-state index in [1.165, 1.54) is 23.5 Å². The molecular formula is C21H18N4O4S2. The van der Waals surface area contributed by atoms with E-state index >= 15 is 0 Å². The van der Waals surface area contributed by atoms with Gasteiger partial charge in [0.25, 0.3) is 15.9 Å². The van der Waals surface area contributed by atoms with Gasteiger partial charge in [0.05, 0.1) is 16.3 Å². The maximum absolute atomic E-state index is 13.0. The van der Waals surface area contributed by atoms with Crippen LogP contribution in [0.15, 0.2) is 74.8 Å². The molecule has 0 fully saturated rings. The fourth-order valence-corrected chi connectivity index (χ4v) is 4.63. The summed E-state index contributed by atoms with van der Waals surface area (Å²) >= 11 is 1.44. The first-order valence-corrected chi connectivity index (χ1v) is 11.6. The summed E-state index contributed by atoms with van der Waals surface area (Å²) in [5.74, 6) is -0.696. The number of carbonyl (C=O) groups excluding carboxylic acids is 1. The normalized spacial score (nSPS) is 11.3. The highest BCUT2D eigenvalue weighted by atomic mass is 32.2. The minimum atomic E-state index is -3.85. The lowest BCUT2D eigenvalue weighted by Crippen LogP contribution is -2.18. The van der Waals surface area contributed by atoms with Crippen molar-refractivity contribution in [1.82, 2.24) is 5.16 Å². The van der Waals surface area contributed by atoms with Gasteiger partial charge in [0.1, 0.15) is 11.3 Å². The summed E-state index contributed by atoms with van der Waals surface area (Å²) in [6.07, 6.45) is 0. The number of carbonyl (C=O) groups is 1. The SMILES string of the molecule is Cc1ccc(S(=O)(=O)Nc2ccccc2NC(=O)c2c(-c3ccsc3)noc2N)cc1. The highest BCUT2D eigenvalue weighted by molar-refractivity contribution is 7.92. The molecule has 4 aromatic rings. The monoisotopic (exact) mass is 454 g/mol. The second kappa shape index (κ2) is 8.25. The van der Waals surface area contributed by atoms with Crippen molar-refractivity contribution in [2.24, 2.45) is 0 Å². The molecule has 1 amide bonds. The third-order valence-electron chi connectivity index (χ3n) is 4.49. The van der Waals surface area contributed by atoms with Crippen molar-refractivity contribution < 1.29 is 17.7 Å². The zero-order chi connectivity index (χ0) is 22.0. The Morgan fingerprint density at radius 3 is 2.45 bits per heavy atom. The maximum atomic E-state index is 13.0. The molecule has 0 saturated heterocycles. The van der Waals surface area contributed by atoms with E-state index < -0.39 is 15.9 Å². The Kier molecular flexibility index (Phi) is 5.49. The Morgan fingerprint density at radius 1 is 1.06 bits per heavy atom. The lowest BCUT2D eigenvalue weighted by Gasteiger charge is -2.13. The number of rotatable bonds is 6. The Labute approximate surface area is 182 Å². The molecule has 0 aliphatic carbocycles. The summed E-state index contributed by atoms with van der Waals surface area (Å²) in [6.45, 7) is 1.87. The van der Waals surface area contributed by atoms with E-state index in [4.69, 9.17) is 10.3 Å². The number of hydrogen-bond acceptors (Lipinski definition) is 7. The van der Waals surface area contributed by atoms with Crippen LogP contribution >= 0.6 is 11.3 Å². The van der Waals surface area contributed by atoms with Gasteiger partial charge in [-0.2, -0.15) is 11.3 Å². The van der Waals surface area contributed by atoms with Crippen LogP contribution in [-0.4, -0.2) is 19.5 Å². The van der Waals surface area contributed by atoms with Gasteiger partial charge in [0, 0.05) is 10.9 Å². The molecule has 8 nitrogen and oxygen atoms in total. The van der Waals surface area contributed by atoms with Crippen molar-refractivity contribution in [2.45, 2.75) is 11.8 Å². The summed E-state index contributed by atoms with van der Waals surface area (Å²) in [7, 11) is -3.85. The first-order valence-electron chi connectivity index (χ1n) is 9.13. The van der Waals surface area contributed by atoms with Crippen molar-refractivity contribution in [1.29, 1.82) is 0 Å². The predicted molar refractivity (Wildman–Crippen MR) is 121 cm³/mol. The van der Waals surface area contributed by atoms with Crippen molar-refractivity contribution in [2.75, 3.05) is 15.8 Å². The van der Waals surface area contributed by atoms with Crippen LogP contribution in [0.25, 0.3) is 11.3 Å². The minimum Gasteiger partial charge on any atom is -0.367 e. The second-order valence-electron chi connectivity index (χ2n) is 6.70. The maximum Gasteiger partial charge on any atom is 0.263 e. The molecule has 31 heavy (non-hydrogen) atoms. The average molecular weight is 455 g/mol. The van der Waals surface area contributed by atoms with Gasteiger partial charge in [-0.3, -0.25) is 9.52 Å². The number of sulfonamides is 1. The molecular weight excluding hydrogens is 436 g/mol. The van der Waals surface area contributed by atoms with Gasteiger partial charge < -0.3 is 15.6 Å². The van der Waals surface area contributed by atoms with E-state index in [2.05, 4.69) is 15.2 Å². The minimum absolute atomic E-state index is 0.0783. The predicted octanol–water partition coefficient (Wildman–Crippen LogP) is 4.35. The number of nitrogens with zero attached hydrogens (tertiary/aromatic N) is 1. The number of nitrogens with two attached hydrogens (primary N) is 1. The number of anilines is 3. The highest BCUT2D eigenvalue weighted by Gasteiger charge is 2.24. The second-order valence-corrected chi connectivity index (χ2v) is 9.16. The van der Waals surface area contributed by atoms with E-state index in [0.717, 1.165) is 5.56 Å². The van der Waals surface area contributed by atoms with Crippen LogP contribution in [0.1, 0.15) is 15.9 Å². The summed E-state index contributed by atoms with van der Waals surface area (Å²) in [5, 5.41) is 10.2. The highest BCUT2D eigenvalue weighted by Crippen LogP contribution is 2.31. The van der Waals surface area contributed by atoms with Gasteiger partial charge in [-0.05, 0) is 42.6 Å². The van der Waals surface area contributed by atoms with Crippen LogP contribution in [-0.2, 0) is 10.0 Å². The topological polar surface area (TPSA) is 127 Å². The molecule has 0 spiro atoms. The molecule has 0 radical (unpaired) electrons. The van der Waals surface area contributed by atoms with Gasteiger partial charge in [0.15, 0.2) is 0 Å². The fraction of sp³-hybridized carbons (Fsp3) is 0.0476. The fourth-order valence-electron chi connectivity index (χ4n) is 2.91. The number of aromatic nitrogens is 1. The summed E-state index contributed by atoms with van der Waals surface area (Å²) in [4.78, 5) is 13.1. The first kappa shape index (κ1) is 20.6. The van der Waals surface area contributed by atoms with Crippen molar-refractivity contribution in [3.63, 3.8) is 0 Å². The molecule has 0 unspecified atom stereocenters. The molecule has 10 heteroatoms. The van der Waals surface area contributed by atoms with Crippen molar-refractivity contribution >= 4 is 44.5 Å². The average Bonchev–Trinajstić information content (AvgIpc) is 3.39. The van der Waals surface area contributed by atoms with Gasteiger partial charge in [-0.1, -0.05) is 35.0 Å². The van der Waals surface area contributed by atoms with E-state index in [1.54, 1.807) is 42.5 Å². The van der Waals surface area contributed by atoms with Crippen LogP contribution in [0.3, 0.4) is 0 Å². The standard InChI is InChI=1S/C21H18N4O4S2/c1-13-6-8-15(9-7-13)31(27,28)25-17-5-3-2-4-16(17)23-21(26)18-19(24-29-20(18)22)14-10-11-30-12-14/h2-12,25H,22H2,1H3,(H,23,26). The third kappa shape index (κ3) is 4.30. The molecule has 2 aromatic heterocycles. The number of nitrogens with one attached hydrogen (secondary N) is 2. The Hall–Kier alpha value is -3.63. The van der Waals surface area contributed by atoms with Gasteiger partial charge in [0.2, 0.25) is 5.88 Å². The van der Waals surface area contributed by atoms with E-state index in [0.29, 0.717) is 11.3 Å². The van der Waals surface area contributed by atoms with Gasteiger partial charge >= 0.3 is 0 Å². The third-order valence-corrected chi connectivity index (χ3v) is 6.56. The molecule has 0 bridgehead atoms. The quantitative estimate of drug-likeness (QED) is 0.397. The zero-order valence-corrected chi connectivity index (χ0v) is 18.0. The summed E-state index contributed by atoms with van der Waals surface area (Å²) < 4.78 is 33.1. The molecule has 0 aliphatic heterocycles. The molecule has 0 atom stereocenters. The number of nitrogen functional groups attached to an aromatic ring is 1. The molecule has 2 aromatic carbocycles. The van der Waals surface area contributed by atoms with E-state index in [1.807, 2.05) is 17.7 Å². The van der Waals surface area contributed by atoms with Crippen LogP contribution in [0.4, 0.5) is 17.3 Å². The van der Waals surface area contributed by atoms with Crippen LogP contribution in [0.2, 0.25) is 0 Å². The molecule has 4 rings (SSSR count). The number of aryl methyl sites for hydroxylation is 1. The van der Waals surface area contributed by atoms with E-state index in [9.17, 15) is 13.2 Å². The Balaban J connectivity index is 1.62. The van der Waals surface area contributed by atoms with Crippen molar-refractivity contribution in [3.05, 3.63) is 76.5 Å². The van der Waals surface area contributed by atoms with Crippen LogP contribution < -0.4 is 15.8 Å². The summed E-state index contributed by atoms with van der Waals surface area (Å²) in [5.41, 5.74) is 8.34. The number of amides is 1. The van der Waals surface area contributed by atoms with Gasteiger partial charge in [-0.15, -0.1) is 0 Å². The Bertz CT molecular complexity index is 1330. The number of benzene rings is 2. The Morgan fingerprint density at radius 2 is 1.77 bits per heavy atom. The molecule has 2 heterocycles. The molecule has 158 valence electrons. The first-order chi connectivity index (χ1) is 14.8. The van der Waals surface area contributed by atoms with E-state index in [-0.39, 0.29) is 27.7 Å². The lowest BCUT2D eigenvalue weighted by atomic mass is 10.1.